The predicted molar refractivity (Wildman–Crippen MR) is 180 cm³/mol. The summed E-state index contributed by atoms with van der Waals surface area (Å²) in [6, 6.07) is 9.45. The lowest BCUT2D eigenvalue weighted by Crippen LogP contribution is -2.47. The van der Waals surface area contributed by atoms with E-state index >= 15 is 0 Å². The molecule has 244 valence electrons. The molecular formula is C34H37Cl2FN4O4S. The summed E-state index contributed by atoms with van der Waals surface area (Å²) in [4.78, 5) is 34.1. The molecule has 0 radical (unpaired) electrons. The Hall–Kier alpha value is -3.18. The summed E-state index contributed by atoms with van der Waals surface area (Å²) in [5.74, 6) is -0.696. The van der Waals surface area contributed by atoms with E-state index in [0.29, 0.717) is 54.1 Å². The lowest BCUT2D eigenvalue weighted by Gasteiger charge is -2.34. The van der Waals surface area contributed by atoms with E-state index in [0.717, 1.165) is 42.6 Å². The van der Waals surface area contributed by atoms with Gasteiger partial charge in [0, 0.05) is 63.9 Å². The van der Waals surface area contributed by atoms with Gasteiger partial charge in [-0.05, 0) is 93.6 Å². The number of nitrogens with one attached hydrogen (secondary N) is 2. The Balaban J connectivity index is 1.22. The fourth-order valence-electron chi connectivity index (χ4n) is 6.89. The molecule has 2 atom stereocenters. The van der Waals surface area contributed by atoms with Crippen LogP contribution in [-0.2, 0) is 31.6 Å². The number of hydrogen-bond donors (Lipinski definition) is 2. The number of amides is 2. The number of hydrogen-bond acceptors (Lipinski definition) is 5. The van der Waals surface area contributed by atoms with Gasteiger partial charge in [-0.25, -0.2) is 12.8 Å². The van der Waals surface area contributed by atoms with Crippen LogP contribution < -0.4 is 5.32 Å². The zero-order valence-corrected chi connectivity index (χ0v) is 28.2. The molecule has 2 saturated heterocycles. The Morgan fingerprint density at radius 2 is 1.80 bits per heavy atom. The molecule has 2 N–H and O–H groups in total. The first-order valence-corrected chi connectivity index (χ1v) is 18.0. The molecule has 1 unspecified atom stereocenters. The van der Waals surface area contributed by atoms with Gasteiger partial charge < -0.3 is 15.2 Å². The van der Waals surface area contributed by atoms with E-state index in [-0.39, 0.29) is 45.0 Å². The average Bonchev–Trinajstić information content (AvgIpc) is 3.67. The van der Waals surface area contributed by atoms with E-state index in [1.165, 1.54) is 12.1 Å². The van der Waals surface area contributed by atoms with Gasteiger partial charge in [-0.3, -0.25) is 14.5 Å². The van der Waals surface area contributed by atoms with Gasteiger partial charge in [0.2, 0.25) is 5.91 Å². The van der Waals surface area contributed by atoms with Gasteiger partial charge in [0.25, 0.3) is 5.91 Å². The van der Waals surface area contributed by atoms with Gasteiger partial charge >= 0.3 is 0 Å². The van der Waals surface area contributed by atoms with Crippen molar-refractivity contribution in [2.45, 2.75) is 68.8 Å². The Morgan fingerprint density at radius 1 is 1.07 bits per heavy atom. The molecule has 3 aliphatic heterocycles. The van der Waals surface area contributed by atoms with Crippen molar-refractivity contribution in [1.82, 2.24) is 14.8 Å². The van der Waals surface area contributed by atoms with Gasteiger partial charge in [0.05, 0.1) is 22.6 Å². The second-order valence-corrected chi connectivity index (χ2v) is 15.3. The SMILES string of the molecule is Cc1[nH]c(C=C2C(=O)Nc3ccc(S(=O)(=O)Cc4c(Cl)cccc4Cl)cc32)c(C)c1CC(=O)N1CCCC1CN1CCC[C@H](F)C1. The molecule has 12 heteroatoms. The van der Waals surface area contributed by atoms with E-state index in [1.807, 2.05) is 18.7 Å². The number of aromatic nitrogens is 1. The number of carbonyl (C=O) groups excluding carboxylic acids is 2. The van der Waals surface area contributed by atoms with Crippen molar-refractivity contribution in [2.24, 2.45) is 0 Å². The molecule has 0 spiro atoms. The highest BCUT2D eigenvalue weighted by molar-refractivity contribution is 7.90. The summed E-state index contributed by atoms with van der Waals surface area (Å²) in [6.45, 7) is 6.52. The first-order chi connectivity index (χ1) is 21.9. The summed E-state index contributed by atoms with van der Waals surface area (Å²) in [7, 11) is -3.85. The highest BCUT2D eigenvalue weighted by Crippen LogP contribution is 2.37. The standard InChI is InChI=1S/C34H37Cl2FN4O4S/c1-20-25(16-33(42)41-13-5-7-23(41)18-40-12-4-6-22(37)17-40)21(2)38-32(20)15-27-26-14-24(10-11-31(26)39-34(27)43)46(44,45)19-28-29(35)8-3-9-30(28)36/h3,8-11,14-15,22-23,38H,4-7,12-13,16-19H2,1-2H3,(H,39,43)/t22-,23?/m0/s1. The van der Waals surface area contributed by atoms with Crippen molar-refractivity contribution in [3.63, 3.8) is 0 Å². The fraction of sp³-hybridized carbons (Fsp3) is 0.412. The second-order valence-electron chi connectivity index (χ2n) is 12.5. The van der Waals surface area contributed by atoms with Crippen molar-refractivity contribution < 1.29 is 22.4 Å². The van der Waals surface area contributed by atoms with E-state index in [9.17, 15) is 22.4 Å². The number of likely N-dealkylation sites (tertiary alicyclic amines) is 2. The number of piperidine rings is 1. The zero-order valence-electron chi connectivity index (χ0n) is 25.8. The maximum Gasteiger partial charge on any atom is 0.256 e. The first kappa shape index (κ1) is 32.7. The van der Waals surface area contributed by atoms with Crippen LogP contribution in [0, 0.1) is 13.8 Å². The number of aromatic amines is 1. The highest BCUT2D eigenvalue weighted by atomic mass is 35.5. The Morgan fingerprint density at radius 3 is 2.54 bits per heavy atom. The van der Waals surface area contributed by atoms with Crippen molar-refractivity contribution in [3.05, 3.63) is 80.1 Å². The van der Waals surface area contributed by atoms with Crippen molar-refractivity contribution in [3.8, 4) is 0 Å². The number of rotatable bonds is 8. The second kappa shape index (κ2) is 13.1. The number of alkyl halides is 1. The molecule has 0 saturated carbocycles. The first-order valence-electron chi connectivity index (χ1n) is 15.6. The fourth-order valence-corrected chi connectivity index (χ4v) is 9.01. The normalized spacial score (nSPS) is 21.2. The van der Waals surface area contributed by atoms with Crippen molar-refractivity contribution >= 4 is 62.2 Å². The molecule has 2 fully saturated rings. The summed E-state index contributed by atoms with van der Waals surface area (Å²) < 4.78 is 40.8. The van der Waals surface area contributed by atoms with Crippen LogP contribution >= 0.6 is 23.2 Å². The number of carbonyl (C=O) groups is 2. The summed E-state index contributed by atoms with van der Waals surface area (Å²) >= 11 is 12.5. The molecule has 46 heavy (non-hydrogen) atoms. The molecule has 4 heterocycles. The minimum absolute atomic E-state index is 0.0399. The molecule has 3 aliphatic rings. The molecular weight excluding hydrogens is 650 g/mol. The van der Waals surface area contributed by atoms with Crippen LogP contribution in [0.1, 0.15) is 59.3 Å². The average molecular weight is 688 g/mol. The van der Waals surface area contributed by atoms with Crippen LogP contribution in [0.3, 0.4) is 0 Å². The molecule has 0 bridgehead atoms. The highest BCUT2D eigenvalue weighted by Gasteiger charge is 2.33. The van der Waals surface area contributed by atoms with E-state index in [1.54, 1.807) is 30.3 Å². The van der Waals surface area contributed by atoms with Gasteiger partial charge in [0.15, 0.2) is 9.84 Å². The van der Waals surface area contributed by atoms with E-state index in [4.69, 9.17) is 23.2 Å². The van der Waals surface area contributed by atoms with Gasteiger partial charge in [0.1, 0.15) is 6.17 Å². The third-order valence-corrected chi connectivity index (χ3v) is 11.7. The third kappa shape index (κ3) is 6.63. The molecule has 6 rings (SSSR count). The van der Waals surface area contributed by atoms with Crippen molar-refractivity contribution in [2.75, 3.05) is 31.5 Å². The number of aryl methyl sites for hydroxylation is 1. The zero-order chi connectivity index (χ0) is 32.7. The molecule has 8 nitrogen and oxygen atoms in total. The Bertz CT molecular complexity index is 1820. The number of nitrogens with zero attached hydrogens (tertiary/aromatic N) is 2. The molecule has 2 aromatic carbocycles. The summed E-state index contributed by atoms with van der Waals surface area (Å²) in [6.07, 6.45) is 4.44. The van der Waals surface area contributed by atoms with Crippen LogP contribution in [0.4, 0.5) is 10.1 Å². The third-order valence-electron chi connectivity index (χ3n) is 9.39. The maximum atomic E-state index is 14.0. The van der Waals surface area contributed by atoms with Crippen LogP contribution in [0.25, 0.3) is 11.6 Å². The van der Waals surface area contributed by atoms with E-state index < -0.39 is 16.0 Å². The Labute approximate surface area is 278 Å². The minimum atomic E-state index is -3.85. The largest absolute Gasteiger partial charge is 0.359 e. The predicted octanol–water partition coefficient (Wildman–Crippen LogP) is 6.37. The maximum absolute atomic E-state index is 14.0. The summed E-state index contributed by atoms with van der Waals surface area (Å²) in [5.41, 5.74) is 4.84. The monoisotopic (exact) mass is 686 g/mol. The van der Waals surface area contributed by atoms with Gasteiger partial charge in [-0.15, -0.1) is 0 Å². The molecule has 2 amide bonds. The number of anilines is 1. The lowest BCUT2D eigenvalue weighted by molar-refractivity contribution is -0.131. The molecule has 1 aromatic heterocycles. The Kier molecular flexibility index (Phi) is 9.36. The lowest BCUT2D eigenvalue weighted by atomic mass is 10.0. The van der Waals surface area contributed by atoms with Gasteiger partial charge in [-0.1, -0.05) is 29.3 Å². The van der Waals surface area contributed by atoms with Crippen LogP contribution in [0.5, 0.6) is 0 Å². The number of H-pyrrole nitrogens is 1. The van der Waals surface area contributed by atoms with Crippen molar-refractivity contribution in [1.29, 1.82) is 0 Å². The minimum Gasteiger partial charge on any atom is -0.359 e. The van der Waals surface area contributed by atoms with Crippen LogP contribution in [-0.4, -0.2) is 73.4 Å². The van der Waals surface area contributed by atoms with Crippen LogP contribution in [0.2, 0.25) is 10.0 Å². The number of halogens is 3. The summed E-state index contributed by atoms with van der Waals surface area (Å²) in [5, 5.41) is 3.34. The molecule has 0 aliphatic carbocycles. The van der Waals surface area contributed by atoms with Crippen LogP contribution in [0.15, 0.2) is 41.3 Å². The topological polar surface area (TPSA) is 103 Å². The smallest absolute Gasteiger partial charge is 0.256 e. The molecule has 3 aromatic rings. The quantitative estimate of drug-likeness (QED) is 0.268. The number of benzene rings is 2. The number of sulfone groups is 1. The van der Waals surface area contributed by atoms with E-state index in [2.05, 4.69) is 15.2 Å². The number of fused-ring (bicyclic) bond motifs is 1. The van der Waals surface area contributed by atoms with Gasteiger partial charge in [-0.2, -0.15) is 0 Å².